The summed E-state index contributed by atoms with van der Waals surface area (Å²) in [6, 6.07) is 8.23. The van der Waals surface area contributed by atoms with E-state index >= 15 is 0 Å². The number of rotatable bonds is 6. The number of carbonyl (C=O) groups is 1. The molecule has 9 nitrogen and oxygen atoms in total. The molecule has 28 heavy (non-hydrogen) atoms. The Balaban J connectivity index is 1.34. The lowest BCUT2D eigenvalue weighted by Gasteiger charge is -2.35. The van der Waals surface area contributed by atoms with E-state index in [-0.39, 0.29) is 18.0 Å². The summed E-state index contributed by atoms with van der Waals surface area (Å²) >= 11 is 0. The van der Waals surface area contributed by atoms with Gasteiger partial charge < -0.3 is 9.64 Å². The zero-order valence-corrected chi connectivity index (χ0v) is 16.1. The molecule has 9 heteroatoms. The maximum atomic E-state index is 13.2. The maximum Gasteiger partial charge on any atom is 0.230 e. The van der Waals surface area contributed by atoms with Gasteiger partial charge >= 0.3 is 0 Å². The van der Waals surface area contributed by atoms with E-state index in [1.54, 1.807) is 11.8 Å². The van der Waals surface area contributed by atoms with Gasteiger partial charge in [-0.15, -0.1) is 5.10 Å². The first-order valence-electron chi connectivity index (χ1n) is 9.87. The van der Waals surface area contributed by atoms with E-state index in [0.717, 1.165) is 38.1 Å². The van der Waals surface area contributed by atoms with Gasteiger partial charge in [-0.2, -0.15) is 0 Å². The highest BCUT2D eigenvalue weighted by Crippen LogP contribution is 2.26. The number of ether oxygens (including phenoxy) is 1. The Morgan fingerprint density at radius 1 is 1.39 bits per heavy atom. The second-order valence-corrected chi connectivity index (χ2v) is 7.55. The van der Waals surface area contributed by atoms with Gasteiger partial charge in [-0.3, -0.25) is 10.2 Å². The van der Waals surface area contributed by atoms with Crippen LogP contribution >= 0.6 is 0 Å². The van der Waals surface area contributed by atoms with Crippen LogP contribution in [0.2, 0.25) is 0 Å². The molecule has 0 bridgehead atoms. The van der Waals surface area contributed by atoms with Crippen LogP contribution in [0.5, 0.6) is 5.75 Å². The van der Waals surface area contributed by atoms with Crippen LogP contribution in [0.3, 0.4) is 0 Å². The number of carbonyl (C=O) groups excluding carboxylic acids is 1. The van der Waals surface area contributed by atoms with Crippen LogP contribution in [-0.4, -0.2) is 57.8 Å². The Kier molecular flexibility index (Phi) is 5.82. The first-order chi connectivity index (χ1) is 13.7. The topological polar surface area (TPSA) is 97.2 Å². The molecule has 3 unspecified atom stereocenters. The third kappa shape index (κ3) is 4.15. The van der Waals surface area contributed by atoms with Crippen molar-refractivity contribution >= 4 is 5.91 Å². The fraction of sp³-hybridized carbons (Fsp3) is 0.579. The van der Waals surface area contributed by atoms with Gasteiger partial charge in [0.05, 0.1) is 13.0 Å². The Bertz CT molecular complexity index is 782. The zero-order chi connectivity index (χ0) is 19.3. The van der Waals surface area contributed by atoms with Gasteiger partial charge in [-0.05, 0) is 59.7 Å². The maximum absolute atomic E-state index is 13.2. The highest BCUT2D eigenvalue weighted by Gasteiger charge is 2.38. The Labute approximate surface area is 164 Å². The highest BCUT2D eigenvalue weighted by molar-refractivity contribution is 5.80. The van der Waals surface area contributed by atoms with Gasteiger partial charge in [0.2, 0.25) is 5.91 Å². The van der Waals surface area contributed by atoms with Crippen molar-refractivity contribution in [3.05, 3.63) is 36.2 Å². The molecule has 1 aromatic heterocycles. The van der Waals surface area contributed by atoms with Crippen LogP contribution in [0.25, 0.3) is 0 Å². The second-order valence-electron chi connectivity index (χ2n) is 7.55. The number of nitrogens with one attached hydrogen (secondary N) is 2. The average Bonchev–Trinajstić information content (AvgIpc) is 3.43. The summed E-state index contributed by atoms with van der Waals surface area (Å²) in [5.74, 6) is 1.38. The molecule has 2 aliphatic rings. The zero-order valence-electron chi connectivity index (χ0n) is 16.1. The number of amides is 1. The molecule has 0 radical (unpaired) electrons. The molecule has 2 aliphatic heterocycles. The van der Waals surface area contributed by atoms with Crippen LogP contribution in [0, 0.1) is 11.8 Å². The predicted molar refractivity (Wildman–Crippen MR) is 102 cm³/mol. The van der Waals surface area contributed by atoms with E-state index < -0.39 is 0 Å². The Morgan fingerprint density at radius 2 is 2.32 bits per heavy atom. The number of methoxy groups -OCH3 is 1. The minimum Gasteiger partial charge on any atom is -0.497 e. The summed E-state index contributed by atoms with van der Waals surface area (Å²) in [7, 11) is 1.69. The van der Waals surface area contributed by atoms with Gasteiger partial charge in [0.25, 0.3) is 0 Å². The lowest BCUT2D eigenvalue weighted by Crippen LogP contribution is -2.45. The summed E-state index contributed by atoms with van der Waals surface area (Å²) in [5.41, 5.74) is 7.47. The van der Waals surface area contributed by atoms with Crippen LogP contribution < -0.4 is 15.6 Å². The first-order valence-corrected chi connectivity index (χ1v) is 9.87. The van der Waals surface area contributed by atoms with E-state index in [1.807, 2.05) is 17.0 Å². The van der Waals surface area contributed by atoms with Gasteiger partial charge in [-0.1, -0.05) is 12.1 Å². The number of hydrazine groups is 1. The van der Waals surface area contributed by atoms with Crippen molar-refractivity contribution in [2.75, 3.05) is 26.7 Å². The van der Waals surface area contributed by atoms with Gasteiger partial charge in [0, 0.05) is 19.6 Å². The van der Waals surface area contributed by atoms with Gasteiger partial charge in [0.1, 0.15) is 18.2 Å². The number of aromatic nitrogens is 4. The van der Waals surface area contributed by atoms with Crippen LogP contribution in [0.4, 0.5) is 0 Å². The summed E-state index contributed by atoms with van der Waals surface area (Å²) in [6.45, 7) is 2.23. The fourth-order valence-electron chi connectivity index (χ4n) is 4.19. The molecule has 2 N–H and O–H groups in total. The quantitative estimate of drug-likeness (QED) is 0.758. The van der Waals surface area contributed by atoms with E-state index in [0.29, 0.717) is 12.5 Å². The lowest BCUT2D eigenvalue weighted by atomic mass is 9.90. The monoisotopic (exact) mass is 385 g/mol. The van der Waals surface area contributed by atoms with Crippen molar-refractivity contribution < 1.29 is 9.53 Å². The van der Waals surface area contributed by atoms with Crippen molar-refractivity contribution in [2.45, 2.75) is 31.8 Å². The third-order valence-electron chi connectivity index (χ3n) is 5.73. The molecule has 2 fully saturated rings. The first kappa shape index (κ1) is 18.8. The second kappa shape index (κ2) is 8.66. The van der Waals surface area contributed by atoms with Crippen LogP contribution in [0.1, 0.15) is 31.0 Å². The van der Waals surface area contributed by atoms with Crippen molar-refractivity contribution in [3.8, 4) is 5.75 Å². The average molecular weight is 385 g/mol. The number of benzene rings is 1. The van der Waals surface area contributed by atoms with E-state index in [9.17, 15) is 4.79 Å². The number of hydrogen-bond donors (Lipinski definition) is 2. The SMILES string of the molecule is COc1cccc(CCC2CCCN(C(=O)C3CNNC3n3cnnn3)C2)c1. The van der Waals surface area contributed by atoms with E-state index in [2.05, 4.69) is 38.5 Å². The van der Waals surface area contributed by atoms with Gasteiger partial charge in [0.15, 0.2) is 0 Å². The van der Waals surface area contributed by atoms with E-state index in [4.69, 9.17) is 4.74 Å². The number of aryl methyl sites for hydroxylation is 1. The van der Waals surface area contributed by atoms with Crippen LogP contribution in [-0.2, 0) is 11.2 Å². The van der Waals surface area contributed by atoms with Crippen molar-refractivity contribution in [1.29, 1.82) is 0 Å². The molecule has 1 amide bonds. The molecule has 0 aliphatic carbocycles. The number of piperidine rings is 1. The minimum absolute atomic E-state index is 0.170. The minimum atomic E-state index is -0.250. The van der Waals surface area contributed by atoms with Crippen molar-refractivity contribution in [1.82, 2.24) is 36.0 Å². The Morgan fingerprint density at radius 3 is 3.14 bits per heavy atom. The molecule has 0 spiro atoms. The molecule has 1 aromatic carbocycles. The number of tetrazole rings is 1. The molecule has 2 saturated heterocycles. The number of likely N-dealkylation sites (tertiary alicyclic amines) is 1. The smallest absolute Gasteiger partial charge is 0.230 e. The molecule has 3 heterocycles. The fourth-order valence-corrected chi connectivity index (χ4v) is 4.19. The largest absolute Gasteiger partial charge is 0.497 e. The lowest BCUT2D eigenvalue weighted by molar-refractivity contribution is -0.138. The molecular weight excluding hydrogens is 358 g/mol. The standard InChI is InChI=1S/C19H27N7O2/c1-28-16-6-2-4-14(10-16)7-8-15-5-3-9-25(12-15)19(27)17-11-20-22-18(17)26-13-21-23-24-26/h2,4,6,10,13,15,17-18,20,22H,3,5,7-9,11-12H2,1H3. The summed E-state index contributed by atoms with van der Waals surface area (Å²) < 4.78 is 6.92. The molecular formula is C19H27N7O2. The molecule has 4 rings (SSSR count). The summed E-state index contributed by atoms with van der Waals surface area (Å²) in [6.07, 6.45) is 5.60. The normalized spacial score (nSPS) is 25.0. The molecule has 0 saturated carbocycles. The van der Waals surface area contributed by atoms with Crippen LogP contribution in [0.15, 0.2) is 30.6 Å². The van der Waals surface area contributed by atoms with Crippen molar-refractivity contribution in [3.63, 3.8) is 0 Å². The number of nitrogens with zero attached hydrogens (tertiary/aromatic N) is 5. The van der Waals surface area contributed by atoms with Crippen molar-refractivity contribution in [2.24, 2.45) is 11.8 Å². The Hall–Kier alpha value is -2.52. The summed E-state index contributed by atoms with van der Waals surface area (Å²) in [4.78, 5) is 15.2. The molecule has 150 valence electrons. The number of hydrogen-bond acceptors (Lipinski definition) is 7. The molecule has 3 atom stereocenters. The third-order valence-corrected chi connectivity index (χ3v) is 5.73. The molecule has 2 aromatic rings. The predicted octanol–water partition coefficient (Wildman–Crippen LogP) is 0.776. The van der Waals surface area contributed by atoms with E-state index in [1.165, 1.54) is 18.3 Å². The highest BCUT2D eigenvalue weighted by atomic mass is 16.5. The van der Waals surface area contributed by atoms with Gasteiger partial charge in [-0.25, -0.2) is 10.1 Å². The summed E-state index contributed by atoms with van der Waals surface area (Å²) in [5, 5.41) is 11.3.